The summed E-state index contributed by atoms with van der Waals surface area (Å²) >= 11 is 0. The van der Waals surface area contributed by atoms with Gasteiger partial charge in [0.05, 0.1) is 5.56 Å². The molecule has 1 aliphatic carbocycles. The van der Waals surface area contributed by atoms with Crippen LogP contribution in [0.25, 0.3) is 0 Å². The smallest absolute Gasteiger partial charge is 0.255 e. The number of benzene rings is 1. The fourth-order valence-corrected chi connectivity index (χ4v) is 2.30. The van der Waals surface area contributed by atoms with Crippen LogP contribution >= 0.6 is 0 Å². The first-order chi connectivity index (χ1) is 8.16. The van der Waals surface area contributed by atoms with Gasteiger partial charge in [0.1, 0.15) is 5.75 Å². The lowest BCUT2D eigenvalue weighted by Gasteiger charge is -2.11. The lowest BCUT2D eigenvalue weighted by atomic mass is 10.1. The fourth-order valence-electron chi connectivity index (χ4n) is 2.30. The largest absolute Gasteiger partial charge is 0.507 e. The summed E-state index contributed by atoms with van der Waals surface area (Å²) in [5.74, 6) is 0.275. The molecule has 0 saturated heterocycles. The van der Waals surface area contributed by atoms with Crippen LogP contribution < -0.4 is 11.1 Å². The molecule has 2 rings (SSSR count). The average molecular weight is 234 g/mol. The molecule has 0 heterocycles. The molecule has 2 atom stereocenters. The number of hydrogen-bond acceptors (Lipinski definition) is 3. The lowest BCUT2D eigenvalue weighted by Crippen LogP contribution is -2.29. The van der Waals surface area contributed by atoms with E-state index in [9.17, 15) is 9.90 Å². The van der Waals surface area contributed by atoms with E-state index in [-0.39, 0.29) is 17.7 Å². The van der Waals surface area contributed by atoms with Gasteiger partial charge in [-0.25, -0.2) is 0 Å². The Hall–Kier alpha value is -1.55. The fraction of sp³-hybridized carbons (Fsp3) is 0.462. The van der Waals surface area contributed by atoms with Crippen molar-refractivity contribution in [2.75, 3.05) is 6.54 Å². The van der Waals surface area contributed by atoms with Gasteiger partial charge in [0.15, 0.2) is 0 Å². The number of rotatable bonds is 3. The van der Waals surface area contributed by atoms with Gasteiger partial charge in [0, 0.05) is 12.6 Å². The van der Waals surface area contributed by atoms with E-state index < -0.39 is 0 Å². The average Bonchev–Trinajstić information content (AvgIpc) is 2.73. The molecule has 2 unspecified atom stereocenters. The number of amides is 1. The third-order valence-corrected chi connectivity index (χ3v) is 3.28. The van der Waals surface area contributed by atoms with Gasteiger partial charge in [-0.2, -0.15) is 0 Å². The van der Waals surface area contributed by atoms with Crippen molar-refractivity contribution >= 4 is 5.91 Å². The second kappa shape index (κ2) is 5.19. The van der Waals surface area contributed by atoms with Crippen molar-refractivity contribution in [1.82, 2.24) is 5.32 Å². The first-order valence-electron chi connectivity index (χ1n) is 5.98. The molecule has 92 valence electrons. The van der Waals surface area contributed by atoms with Crippen molar-refractivity contribution in [1.29, 1.82) is 0 Å². The highest BCUT2D eigenvalue weighted by Crippen LogP contribution is 2.23. The second-order valence-electron chi connectivity index (χ2n) is 4.67. The number of phenols is 1. The third-order valence-electron chi connectivity index (χ3n) is 3.28. The minimum Gasteiger partial charge on any atom is -0.507 e. The number of para-hydroxylation sites is 1. The van der Waals surface area contributed by atoms with Gasteiger partial charge in [-0.05, 0) is 37.3 Å². The third kappa shape index (κ3) is 2.97. The molecule has 1 amide bonds. The van der Waals surface area contributed by atoms with E-state index in [2.05, 4.69) is 5.32 Å². The molecule has 4 N–H and O–H groups in total. The normalized spacial score (nSPS) is 23.6. The van der Waals surface area contributed by atoms with E-state index in [1.54, 1.807) is 18.2 Å². The number of nitrogens with two attached hydrogens (primary N) is 1. The Bertz CT molecular complexity index is 406. The summed E-state index contributed by atoms with van der Waals surface area (Å²) in [7, 11) is 0. The Morgan fingerprint density at radius 2 is 2.18 bits per heavy atom. The number of carbonyl (C=O) groups excluding carboxylic acids is 1. The Balaban J connectivity index is 1.88. The first-order valence-corrected chi connectivity index (χ1v) is 5.98. The van der Waals surface area contributed by atoms with Crippen LogP contribution in [0.4, 0.5) is 0 Å². The standard InChI is InChI=1S/C13H18N2O2/c14-10-6-5-9(7-10)8-15-13(17)11-3-1-2-4-12(11)16/h1-4,9-10,16H,5-8,14H2,(H,15,17). The summed E-state index contributed by atoms with van der Waals surface area (Å²) < 4.78 is 0. The molecule has 1 aromatic rings. The quantitative estimate of drug-likeness (QED) is 0.736. The molecule has 0 aliphatic heterocycles. The van der Waals surface area contributed by atoms with Crippen molar-refractivity contribution < 1.29 is 9.90 Å². The Kier molecular flexibility index (Phi) is 3.64. The molecule has 1 aliphatic rings. The molecule has 1 saturated carbocycles. The first kappa shape index (κ1) is 11.9. The molecule has 0 bridgehead atoms. The SMILES string of the molecule is NC1CCC(CNC(=O)c2ccccc2O)C1. The van der Waals surface area contributed by atoms with Crippen LogP contribution in [0.2, 0.25) is 0 Å². The number of hydrogen-bond donors (Lipinski definition) is 3. The van der Waals surface area contributed by atoms with Crippen molar-refractivity contribution in [3.05, 3.63) is 29.8 Å². The van der Waals surface area contributed by atoms with E-state index in [0.29, 0.717) is 18.0 Å². The van der Waals surface area contributed by atoms with Gasteiger partial charge in [-0.1, -0.05) is 12.1 Å². The number of aromatic hydroxyl groups is 1. The van der Waals surface area contributed by atoms with Gasteiger partial charge in [-0.15, -0.1) is 0 Å². The summed E-state index contributed by atoms with van der Waals surface area (Å²) in [5.41, 5.74) is 6.14. The van der Waals surface area contributed by atoms with Crippen LogP contribution in [0.3, 0.4) is 0 Å². The molecular formula is C13H18N2O2. The minimum atomic E-state index is -0.219. The molecule has 1 fully saturated rings. The lowest BCUT2D eigenvalue weighted by molar-refractivity contribution is 0.0944. The number of phenolic OH excluding ortho intramolecular Hbond substituents is 1. The molecule has 0 radical (unpaired) electrons. The predicted octanol–water partition coefficient (Wildman–Crippen LogP) is 1.25. The highest BCUT2D eigenvalue weighted by Gasteiger charge is 2.22. The zero-order valence-electron chi connectivity index (χ0n) is 9.73. The molecule has 1 aromatic carbocycles. The van der Waals surface area contributed by atoms with Crippen LogP contribution in [0.5, 0.6) is 5.75 Å². The van der Waals surface area contributed by atoms with Gasteiger partial charge in [-0.3, -0.25) is 4.79 Å². The zero-order chi connectivity index (χ0) is 12.3. The summed E-state index contributed by atoms with van der Waals surface area (Å²) in [6.07, 6.45) is 3.08. The molecule has 4 heteroatoms. The maximum atomic E-state index is 11.8. The molecule has 17 heavy (non-hydrogen) atoms. The van der Waals surface area contributed by atoms with E-state index >= 15 is 0 Å². The molecular weight excluding hydrogens is 216 g/mol. The van der Waals surface area contributed by atoms with Crippen molar-refractivity contribution in [3.8, 4) is 5.75 Å². The Morgan fingerprint density at radius 3 is 2.82 bits per heavy atom. The van der Waals surface area contributed by atoms with Crippen LogP contribution in [0.1, 0.15) is 29.6 Å². The Morgan fingerprint density at radius 1 is 1.41 bits per heavy atom. The molecule has 0 aromatic heterocycles. The molecule has 0 spiro atoms. The molecule has 4 nitrogen and oxygen atoms in total. The van der Waals surface area contributed by atoms with E-state index in [4.69, 9.17) is 5.73 Å². The second-order valence-corrected chi connectivity index (χ2v) is 4.67. The van der Waals surface area contributed by atoms with Crippen molar-refractivity contribution in [3.63, 3.8) is 0 Å². The van der Waals surface area contributed by atoms with Gasteiger partial charge < -0.3 is 16.2 Å². The maximum Gasteiger partial charge on any atom is 0.255 e. The van der Waals surface area contributed by atoms with E-state index in [1.807, 2.05) is 0 Å². The highest BCUT2D eigenvalue weighted by atomic mass is 16.3. The zero-order valence-corrected chi connectivity index (χ0v) is 9.73. The van der Waals surface area contributed by atoms with E-state index in [1.165, 1.54) is 6.07 Å². The summed E-state index contributed by atoms with van der Waals surface area (Å²) in [4.78, 5) is 11.8. The number of carbonyl (C=O) groups is 1. The summed E-state index contributed by atoms with van der Waals surface area (Å²) in [6.45, 7) is 0.640. The van der Waals surface area contributed by atoms with Crippen LogP contribution in [-0.4, -0.2) is 23.6 Å². The number of nitrogens with one attached hydrogen (secondary N) is 1. The van der Waals surface area contributed by atoms with Gasteiger partial charge in [0.25, 0.3) is 5.91 Å². The van der Waals surface area contributed by atoms with Gasteiger partial charge >= 0.3 is 0 Å². The monoisotopic (exact) mass is 234 g/mol. The maximum absolute atomic E-state index is 11.8. The minimum absolute atomic E-state index is 0.0214. The van der Waals surface area contributed by atoms with Crippen LogP contribution in [0.15, 0.2) is 24.3 Å². The van der Waals surface area contributed by atoms with Crippen LogP contribution in [0, 0.1) is 5.92 Å². The predicted molar refractivity (Wildman–Crippen MR) is 65.8 cm³/mol. The summed E-state index contributed by atoms with van der Waals surface area (Å²) in [6, 6.07) is 6.84. The van der Waals surface area contributed by atoms with Gasteiger partial charge in [0.2, 0.25) is 0 Å². The van der Waals surface area contributed by atoms with Crippen molar-refractivity contribution in [2.45, 2.75) is 25.3 Å². The van der Waals surface area contributed by atoms with Crippen LogP contribution in [-0.2, 0) is 0 Å². The Labute approximate surface area is 101 Å². The highest BCUT2D eigenvalue weighted by molar-refractivity contribution is 5.96. The summed E-state index contributed by atoms with van der Waals surface area (Å²) in [5, 5.41) is 12.4. The van der Waals surface area contributed by atoms with Crippen molar-refractivity contribution in [2.24, 2.45) is 11.7 Å². The topological polar surface area (TPSA) is 75.3 Å². The van der Waals surface area contributed by atoms with E-state index in [0.717, 1.165) is 19.3 Å².